The summed E-state index contributed by atoms with van der Waals surface area (Å²) < 4.78 is 0. The van der Waals surface area contributed by atoms with E-state index < -0.39 is 0 Å². The second-order valence-corrected chi connectivity index (χ2v) is 4.11. The lowest BCUT2D eigenvalue weighted by molar-refractivity contribution is 0.311. The van der Waals surface area contributed by atoms with Crippen LogP contribution in [0.2, 0.25) is 0 Å². The lowest BCUT2D eigenvalue weighted by atomic mass is 10.0. The van der Waals surface area contributed by atoms with Crippen molar-refractivity contribution in [3.8, 4) is 0 Å². The zero-order valence-corrected chi connectivity index (χ0v) is 9.22. The third-order valence-electron chi connectivity index (χ3n) is 2.94. The van der Waals surface area contributed by atoms with E-state index in [9.17, 15) is 0 Å². The van der Waals surface area contributed by atoms with E-state index in [-0.39, 0.29) is 0 Å². The number of likely N-dealkylation sites (N-methyl/N-ethyl adjacent to an activating group) is 1. The Bertz CT molecular complexity index is 361. The summed E-state index contributed by atoms with van der Waals surface area (Å²) in [6, 6.07) is 0. The average Bonchev–Trinajstić information content (AvgIpc) is 2.45. The molecule has 0 radical (unpaired) electrons. The van der Waals surface area contributed by atoms with E-state index >= 15 is 0 Å². The number of aromatic nitrogens is 1. The molecule has 0 unspecified atom stereocenters. The van der Waals surface area contributed by atoms with Crippen molar-refractivity contribution < 1.29 is 0 Å². The van der Waals surface area contributed by atoms with E-state index in [0.29, 0.717) is 0 Å². The molecule has 2 heterocycles. The lowest BCUT2D eigenvalue weighted by Gasteiger charge is -2.22. The Balaban J connectivity index is 2.45. The van der Waals surface area contributed by atoms with Crippen molar-refractivity contribution in [3.63, 3.8) is 0 Å². The largest absolute Gasteiger partial charge is 0.362 e. The third-order valence-corrected chi connectivity index (χ3v) is 2.94. The minimum Gasteiger partial charge on any atom is -0.362 e. The molecule has 0 amide bonds. The van der Waals surface area contributed by atoms with E-state index in [1.165, 1.54) is 29.1 Å². The van der Waals surface area contributed by atoms with Gasteiger partial charge in [-0.15, -0.1) is 0 Å². The molecule has 2 nitrogen and oxygen atoms in total. The second kappa shape index (κ2) is 3.62. The third kappa shape index (κ3) is 1.50. The van der Waals surface area contributed by atoms with Gasteiger partial charge in [-0.2, -0.15) is 0 Å². The molecule has 0 spiro atoms. The van der Waals surface area contributed by atoms with Crippen LogP contribution in [0.3, 0.4) is 0 Å². The van der Waals surface area contributed by atoms with Gasteiger partial charge in [0.25, 0.3) is 0 Å². The molecule has 76 valence electrons. The molecule has 2 rings (SSSR count). The Morgan fingerprint density at radius 3 is 2.93 bits per heavy atom. The van der Waals surface area contributed by atoms with Crippen LogP contribution in [0.1, 0.15) is 29.4 Å². The Kier molecular flexibility index (Phi) is 2.46. The fourth-order valence-electron chi connectivity index (χ4n) is 2.20. The van der Waals surface area contributed by atoms with Crippen molar-refractivity contribution >= 4 is 6.08 Å². The van der Waals surface area contributed by atoms with Crippen LogP contribution in [0.25, 0.3) is 6.08 Å². The first-order chi connectivity index (χ1) is 6.72. The van der Waals surface area contributed by atoms with E-state index in [1.807, 2.05) is 0 Å². The van der Waals surface area contributed by atoms with Crippen molar-refractivity contribution in [2.75, 3.05) is 13.6 Å². The molecule has 0 aromatic carbocycles. The number of aromatic amines is 1. The van der Waals surface area contributed by atoms with Gasteiger partial charge in [-0.05, 0) is 32.0 Å². The standard InChI is InChI=1S/C12H18N2/c1-4-5-10-9(2)13-12-6-7-14(3)8-11(10)12/h4-5,13H,6-8H2,1-3H3/b5-4-. The molecule has 0 bridgehead atoms. The first kappa shape index (κ1) is 9.53. The SMILES string of the molecule is C/C=C\c1c(C)[nH]c2c1CN(C)CC2. The van der Waals surface area contributed by atoms with Gasteiger partial charge in [-0.25, -0.2) is 0 Å². The van der Waals surface area contributed by atoms with Crippen molar-refractivity contribution in [1.82, 2.24) is 9.88 Å². The molecule has 0 aliphatic carbocycles. The number of H-pyrrole nitrogens is 1. The summed E-state index contributed by atoms with van der Waals surface area (Å²) in [5.41, 5.74) is 5.64. The number of hydrogen-bond acceptors (Lipinski definition) is 1. The molecule has 1 N–H and O–H groups in total. The minimum atomic E-state index is 1.08. The molecule has 0 saturated heterocycles. The maximum Gasteiger partial charge on any atom is 0.0254 e. The number of hydrogen-bond donors (Lipinski definition) is 1. The van der Waals surface area contributed by atoms with E-state index in [4.69, 9.17) is 0 Å². The highest BCUT2D eigenvalue weighted by Crippen LogP contribution is 2.25. The lowest BCUT2D eigenvalue weighted by Crippen LogP contribution is -2.26. The van der Waals surface area contributed by atoms with Gasteiger partial charge in [-0.3, -0.25) is 0 Å². The number of fused-ring (bicyclic) bond motifs is 1. The Hall–Kier alpha value is -1.02. The number of rotatable bonds is 1. The van der Waals surface area contributed by atoms with Gasteiger partial charge in [0.15, 0.2) is 0 Å². The zero-order chi connectivity index (χ0) is 10.1. The van der Waals surface area contributed by atoms with Crippen LogP contribution in [0.5, 0.6) is 0 Å². The van der Waals surface area contributed by atoms with Crippen molar-refractivity contribution in [2.45, 2.75) is 26.8 Å². The molecule has 0 fully saturated rings. The minimum absolute atomic E-state index is 1.08. The van der Waals surface area contributed by atoms with Crippen molar-refractivity contribution in [2.24, 2.45) is 0 Å². The fourth-order valence-corrected chi connectivity index (χ4v) is 2.20. The quantitative estimate of drug-likeness (QED) is 0.720. The highest BCUT2D eigenvalue weighted by Gasteiger charge is 2.18. The molecular weight excluding hydrogens is 172 g/mol. The van der Waals surface area contributed by atoms with Crippen molar-refractivity contribution in [1.29, 1.82) is 0 Å². The second-order valence-electron chi connectivity index (χ2n) is 4.11. The molecular formula is C12H18N2. The molecule has 0 atom stereocenters. The van der Waals surface area contributed by atoms with E-state index in [1.54, 1.807) is 0 Å². The van der Waals surface area contributed by atoms with Crippen LogP contribution >= 0.6 is 0 Å². The predicted octanol–water partition coefficient (Wildman–Crippen LogP) is 2.34. The van der Waals surface area contributed by atoms with Crippen LogP contribution in [-0.4, -0.2) is 23.5 Å². The van der Waals surface area contributed by atoms with Crippen LogP contribution in [-0.2, 0) is 13.0 Å². The first-order valence-corrected chi connectivity index (χ1v) is 5.24. The van der Waals surface area contributed by atoms with Crippen LogP contribution in [0, 0.1) is 6.92 Å². The normalized spacial score (nSPS) is 17.6. The summed E-state index contributed by atoms with van der Waals surface area (Å²) >= 11 is 0. The molecule has 1 aliphatic heterocycles. The van der Waals surface area contributed by atoms with E-state index in [2.05, 4.69) is 42.9 Å². The van der Waals surface area contributed by atoms with Gasteiger partial charge in [0.05, 0.1) is 0 Å². The summed E-state index contributed by atoms with van der Waals surface area (Å²) in [5, 5.41) is 0. The van der Waals surface area contributed by atoms with Gasteiger partial charge in [-0.1, -0.05) is 12.2 Å². The maximum atomic E-state index is 3.49. The fraction of sp³-hybridized carbons (Fsp3) is 0.500. The Morgan fingerprint density at radius 2 is 2.21 bits per heavy atom. The zero-order valence-electron chi connectivity index (χ0n) is 9.22. The topological polar surface area (TPSA) is 19.0 Å². The average molecular weight is 190 g/mol. The van der Waals surface area contributed by atoms with Gasteiger partial charge in [0.1, 0.15) is 0 Å². The van der Waals surface area contributed by atoms with Gasteiger partial charge >= 0.3 is 0 Å². The number of allylic oxidation sites excluding steroid dienone is 1. The predicted molar refractivity (Wildman–Crippen MR) is 60.3 cm³/mol. The Labute approximate surface area is 85.6 Å². The Morgan fingerprint density at radius 1 is 1.43 bits per heavy atom. The van der Waals surface area contributed by atoms with Crippen LogP contribution in [0.4, 0.5) is 0 Å². The van der Waals surface area contributed by atoms with Crippen molar-refractivity contribution in [3.05, 3.63) is 28.6 Å². The van der Waals surface area contributed by atoms with Gasteiger partial charge < -0.3 is 9.88 Å². The highest BCUT2D eigenvalue weighted by atomic mass is 15.1. The first-order valence-electron chi connectivity index (χ1n) is 5.24. The summed E-state index contributed by atoms with van der Waals surface area (Å²) in [5.74, 6) is 0. The molecule has 2 heteroatoms. The smallest absolute Gasteiger partial charge is 0.0254 e. The molecule has 0 saturated carbocycles. The molecule has 14 heavy (non-hydrogen) atoms. The van der Waals surface area contributed by atoms with E-state index in [0.717, 1.165) is 13.0 Å². The monoisotopic (exact) mass is 190 g/mol. The number of nitrogens with one attached hydrogen (secondary N) is 1. The summed E-state index contributed by atoms with van der Waals surface area (Å²) in [6.45, 7) is 6.49. The number of aryl methyl sites for hydroxylation is 1. The molecule has 1 aromatic heterocycles. The summed E-state index contributed by atoms with van der Waals surface area (Å²) in [6.07, 6.45) is 5.49. The van der Waals surface area contributed by atoms with Gasteiger partial charge in [0.2, 0.25) is 0 Å². The molecule has 1 aliphatic rings. The van der Waals surface area contributed by atoms with Crippen LogP contribution < -0.4 is 0 Å². The van der Waals surface area contributed by atoms with Gasteiger partial charge in [0, 0.05) is 30.9 Å². The summed E-state index contributed by atoms with van der Waals surface area (Å²) in [4.78, 5) is 5.87. The number of nitrogens with zero attached hydrogens (tertiary/aromatic N) is 1. The molecule has 1 aromatic rings. The van der Waals surface area contributed by atoms with Crippen LogP contribution in [0.15, 0.2) is 6.08 Å². The maximum absolute atomic E-state index is 3.49. The summed E-state index contributed by atoms with van der Waals surface area (Å²) in [7, 11) is 2.19. The highest BCUT2D eigenvalue weighted by molar-refractivity contribution is 5.58.